The highest BCUT2D eigenvalue weighted by Gasteiger charge is 2.25. The fraction of sp³-hybridized carbons (Fsp3) is 0.818. The van der Waals surface area contributed by atoms with E-state index < -0.39 is 12.0 Å². The minimum Gasteiger partial charge on any atom is -0.480 e. The summed E-state index contributed by atoms with van der Waals surface area (Å²) in [7, 11) is 0. The Bertz CT molecular complexity index is 243. The molecule has 0 saturated heterocycles. The average molecular weight is 247 g/mol. The standard InChI is InChI=1S/C11H21NO3S/c1-5-8(4)10(11(14)15)12-9(13)6-16-7(2)3/h7-8,10H,5-6H2,1-4H3,(H,12,13)(H,14,15)/t8?,10-/m0/s1. The van der Waals surface area contributed by atoms with E-state index in [-0.39, 0.29) is 11.8 Å². The molecular formula is C11H21NO3S. The number of nitrogens with one attached hydrogen (secondary N) is 1. The van der Waals surface area contributed by atoms with E-state index in [1.807, 2.05) is 27.7 Å². The predicted octanol–water partition coefficient (Wildman–Crippen LogP) is 1.74. The van der Waals surface area contributed by atoms with Crippen LogP contribution in [0.5, 0.6) is 0 Å². The topological polar surface area (TPSA) is 66.4 Å². The molecule has 1 amide bonds. The Kier molecular flexibility index (Phi) is 7.21. The maximum atomic E-state index is 11.5. The lowest BCUT2D eigenvalue weighted by molar-refractivity contribution is -0.143. The first-order valence-electron chi connectivity index (χ1n) is 5.52. The second-order valence-electron chi connectivity index (χ2n) is 4.13. The number of hydrogen-bond donors (Lipinski definition) is 2. The summed E-state index contributed by atoms with van der Waals surface area (Å²) < 4.78 is 0. The van der Waals surface area contributed by atoms with Crippen molar-refractivity contribution >= 4 is 23.6 Å². The smallest absolute Gasteiger partial charge is 0.326 e. The molecule has 0 aliphatic rings. The van der Waals surface area contributed by atoms with Gasteiger partial charge in [0.2, 0.25) is 5.91 Å². The quantitative estimate of drug-likeness (QED) is 0.719. The van der Waals surface area contributed by atoms with Gasteiger partial charge < -0.3 is 10.4 Å². The lowest BCUT2D eigenvalue weighted by atomic mass is 9.99. The van der Waals surface area contributed by atoms with E-state index in [9.17, 15) is 9.59 Å². The minimum absolute atomic E-state index is 0.0505. The fourth-order valence-electron chi connectivity index (χ4n) is 1.14. The van der Waals surface area contributed by atoms with E-state index in [1.165, 1.54) is 11.8 Å². The molecular weight excluding hydrogens is 226 g/mol. The Hall–Kier alpha value is -0.710. The maximum Gasteiger partial charge on any atom is 0.326 e. The van der Waals surface area contributed by atoms with Crippen LogP contribution < -0.4 is 5.32 Å². The van der Waals surface area contributed by atoms with Crippen LogP contribution in [-0.2, 0) is 9.59 Å². The van der Waals surface area contributed by atoms with Gasteiger partial charge in [0.15, 0.2) is 0 Å². The van der Waals surface area contributed by atoms with Crippen molar-refractivity contribution < 1.29 is 14.7 Å². The van der Waals surface area contributed by atoms with Crippen LogP contribution in [0.4, 0.5) is 0 Å². The maximum absolute atomic E-state index is 11.5. The molecule has 4 nitrogen and oxygen atoms in total. The summed E-state index contributed by atoms with van der Waals surface area (Å²) in [5.41, 5.74) is 0. The zero-order valence-corrected chi connectivity index (χ0v) is 11.1. The van der Waals surface area contributed by atoms with Crippen LogP contribution in [0.15, 0.2) is 0 Å². The van der Waals surface area contributed by atoms with Crippen molar-refractivity contribution in [2.45, 2.75) is 45.4 Å². The second-order valence-corrected chi connectivity index (χ2v) is 5.69. The molecule has 0 radical (unpaired) electrons. The van der Waals surface area contributed by atoms with Gasteiger partial charge in [-0.05, 0) is 11.2 Å². The molecule has 0 saturated carbocycles. The summed E-state index contributed by atoms with van der Waals surface area (Å²) >= 11 is 1.51. The van der Waals surface area contributed by atoms with Crippen molar-refractivity contribution in [1.29, 1.82) is 0 Å². The Labute approximate surface area is 101 Å². The van der Waals surface area contributed by atoms with Gasteiger partial charge in [0.25, 0.3) is 0 Å². The number of aliphatic carboxylic acids is 1. The minimum atomic E-state index is -0.961. The van der Waals surface area contributed by atoms with Crippen LogP contribution in [0.2, 0.25) is 0 Å². The summed E-state index contributed by atoms with van der Waals surface area (Å²) in [6.07, 6.45) is 0.731. The Morgan fingerprint density at radius 1 is 1.31 bits per heavy atom. The SMILES string of the molecule is CCC(C)[C@H](NC(=O)CSC(C)C)C(=O)O. The third-order valence-corrected chi connectivity index (χ3v) is 3.44. The van der Waals surface area contributed by atoms with Gasteiger partial charge in [-0.25, -0.2) is 4.79 Å². The summed E-state index contributed by atoms with van der Waals surface area (Å²) in [5, 5.41) is 11.9. The van der Waals surface area contributed by atoms with Gasteiger partial charge in [-0.2, -0.15) is 0 Å². The molecule has 94 valence electrons. The van der Waals surface area contributed by atoms with Crippen LogP contribution in [0.3, 0.4) is 0 Å². The van der Waals surface area contributed by atoms with E-state index in [2.05, 4.69) is 5.32 Å². The first kappa shape index (κ1) is 15.3. The molecule has 0 spiro atoms. The highest BCUT2D eigenvalue weighted by molar-refractivity contribution is 8.00. The summed E-state index contributed by atoms with van der Waals surface area (Å²) in [6.45, 7) is 7.74. The molecule has 0 aromatic rings. The third kappa shape index (κ3) is 6.00. The fourth-order valence-corrected chi connectivity index (χ4v) is 1.71. The van der Waals surface area contributed by atoms with Gasteiger partial charge in [-0.1, -0.05) is 34.1 Å². The van der Waals surface area contributed by atoms with Crippen molar-refractivity contribution in [3.63, 3.8) is 0 Å². The van der Waals surface area contributed by atoms with Crippen LogP contribution in [-0.4, -0.2) is 34.0 Å². The van der Waals surface area contributed by atoms with E-state index >= 15 is 0 Å². The Morgan fingerprint density at radius 2 is 1.88 bits per heavy atom. The van der Waals surface area contributed by atoms with E-state index in [0.29, 0.717) is 11.0 Å². The van der Waals surface area contributed by atoms with Gasteiger partial charge >= 0.3 is 5.97 Å². The molecule has 0 fully saturated rings. The van der Waals surface area contributed by atoms with Crippen molar-refractivity contribution in [1.82, 2.24) is 5.32 Å². The number of thioether (sulfide) groups is 1. The van der Waals surface area contributed by atoms with Gasteiger partial charge in [-0.15, -0.1) is 11.8 Å². The van der Waals surface area contributed by atoms with Crippen LogP contribution in [0, 0.1) is 5.92 Å². The molecule has 0 aromatic heterocycles. The largest absolute Gasteiger partial charge is 0.480 e. The zero-order valence-electron chi connectivity index (χ0n) is 10.3. The normalized spacial score (nSPS) is 14.6. The van der Waals surface area contributed by atoms with Crippen LogP contribution >= 0.6 is 11.8 Å². The van der Waals surface area contributed by atoms with Gasteiger partial charge in [0, 0.05) is 0 Å². The number of carbonyl (C=O) groups excluding carboxylic acids is 1. The molecule has 0 bridgehead atoms. The first-order chi connectivity index (χ1) is 7.38. The van der Waals surface area contributed by atoms with Crippen molar-refractivity contribution in [2.75, 3.05) is 5.75 Å². The molecule has 0 aliphatic carbocycles. The van der Waals surface area contributed by atoms with Gasteiger partial charge in [0.05, 0.1) is 5.75 Å². The molecule has 16 heavy (non-hydrogen) atoms. The summed E-state index contributed by atoms with van der Waals surface area (Å²) in [5.74, 6) is -0.896. The average Bonchev–Trinajstić information content (AvgIpc) is 2.21. The van der Waals surface area contributed by atoms with Crippen LogP contribution in [0.25, 0.3) is 0 Å². The van der Waals surface area contributed by atoms with Gasteiger partial charge in [-0.3, -0.25) is 4.79 Å². The number of hydrogen-bond acceptors (Lipinski definition) is 3. The molecule has 1 unspecified atom stereocenters. The highest BCUT2D eigenvalue weighted by Crippen LogP contribution is 2.11. The molecule has 5 heteroatoms. The first-order valence-corrected chi connectivity index (χ1v) is 6.57. The molecule has 0 rings (SSSR count). The number of rotatable bonds is 7. The zero-order chi connectivity index (χ0) is 12.7. The highest BCUT2D eigenvalue weighted by atomic mass is 32.2. The van der Waals surface area contributed by atoms with Crippen LogP contribution in [0.1, 0.15) is 34.1 Å². The van der Waals surface area contributed by atoms with E-state index in [4.69, 9.17) is 5.11 Å². The molecule has 0 aliphatic heterocycles. The Morgan fingerprint density at radius 3 is 2.25 bits per heavy atom. The summed E-state index contributed by atoms with van der Waals surface area (Å²) in [6, 6.07) is -0.773. The molecule has 0 heterocycles. The third-order valence-electron chi connectivity index (χ3n) is 2.34. The van der Waals surface area contributed by atoms with E-state index in [1.54, 1.807) is 0 Å². The Balaban J connectivity index is 4.19. The number of carbonyl (C=O) groups is 2. The van der Waals surface area contributed by atoms with E-state index in [0.717, 1.165) is 6.42 Å². The van der Waals surface area contributed by atoms with Crippen molar-refractivity contribution in [2.24, 2.45) is 5.92 Å². The molecule has 2 N–H and O–H groups in total. The van der Waals surface area contributed by atoms with Crippen molar-refractivity contribution in [3.8, 4) is 0 Å². The predicted molar refractivity (Wildman–Crippen MR) is 66.6 cm³/mol. The summed E-state index contributed by atoms with van der Waals surface area (Å²) in [4.78, 5) is 22.4. The molecule has 0 aromatic carbocycles. The van der Waals surface area contributed by atoms with Crippen molar-refractivity contribution in [3.05, 3.63) is 0 Å². The number of amides is 1. The number of carboxylic acid groups (broad SMARTS) is 1. The number of carboxylic acids is 1. The lowest BCUT2D eigenvalue weighted by Crippen LogP contribution is -2.45. The molecule has 2 atom stereocenters. The lowest BCUT2D eigenvalue weighted by Gasteiger charge is -2.20. The monoisotopic (exact) mass is 247 g/mol. The second kappa shape index (κ2) is 7.54. The van der Waals surface area contributed by atoms with Gasteiger partial charge in [0.1, 0.15) is 6.04 Å².